The van der Waals surface area contributed by atoms with Crippen LogP contribution in [0.3, 0.4) is 0 Å². The van der Waals surface area contributed by atoms with Crippen molar-refractivity contribution in [3.63, 3.8) is 0 Å². The molecule has 0 aromatic carbocycles. The Labute approximate surface area is 51.3 Å². The summed E-state index contributed by atoms with van der Waals surface area (Å²) >= 11 is 0. The van der Waals surface area contributed by atoms with Crippen molar-refractivity contribution >= 4 is 5.97 Å². The summed E-state index contributed by atoms with van der Waals surface area (Å²) in [4.78, 5) is 9.34. The van der Waals surface area contributed by atoms with Gasteiger partial charge in [0.2, 0.25) is 0 Å². The number of carbonyl (C=O) groups is 1. The fourth-order valence-electron chi connectivity index (χ4n) is 0. The number of carboxylic acid groups (broad SMARTS) is 1. The van der Waals surface area contributed by atoms with Crippen LogP contribution in [0.15, 0.2) is 0 Å². The monoisotopic (exact) mass is 147 g/mol. The Kier molecular flexibility index (Phi) is 5.86. The van der Waals surface area contributed by atoms with Gasteiger partial charge in [0, 0.05) is 16.5 Å². The molecule has 0 aromatic rings. The van der Waals surface area contributed by atoms with Gasteiger partial charge in [-0.3, -0.25) is 0 Å². The van der Waals surface area contributed by atoms with Crippen molar-refractivity contribution in [2.24, 2.45) is 0 Å². The number of rotatable bonds is 1. The molecule has 1 atom stereocenters. The van der Waals surface area contributed by atoms with E-state index in [1.807, 2.05) is 0 Å². The summed E-state index contributed by atoms with van der Waals surface area (Å²) < 4.78 is 0. The summed E-state index contributed by atoms with van der Waals surface area (Å²) in [6.07, 6.45) is -1.34. The van der Waals surface area contributed by atoms with Crippen LogP contribution in [-0.2, 0) is 21.3 Å². The molecule has 1 N–H and O–H groups in total. The SMILES string of the molecule is CC(O)C(=O)[O-].[Ni]. The second kappa shape index (κ2) is 4.09. The van der Waals surface area contributed by atoms with Crippen LogP contribution in [0.25, 0.3) is 0 Å². The normalized spacial score (nSPS) is 11.7. The van der Waals surface area contributed by atoms with E-state index in [9.17, 15) is 9.90 Å². The fourth-order valence-corrected chi connectivity index (χ4v) is 0. The van der Waals surface area contributed by atoms with E-state index >= 15 is 0 Å². The maximum atomic E-state index is 9.34. The molecule has 1 unspecified atom stereocenters. The zero-order chi connectivity index (χ0) is 5.15. The summed E-state index contributed by atoms with van der Waals surface area (Å²) in [5, 5.41) is 17.3. The van der Waals surface area contributed by atoms with Crippen molar-refractivity contribution in [3.05, 3.63) is 0 Å². The first-order chi connectivity index (χ1) is 2.64. The first-order valence-electron chi connectivity index (χ1n) is 1.53. The number of carbonyl (C=O) groups excluding carboxylic acids is 1. The molecule has 0 spiro atoms. The van der Waals surface area contributed by atoms with E-state index in [-0.39, 0.29) is 16.5 Å². The smallest absolute Gasteiger partial charge is 0.0905 e. The van der Waals surface area contributed by atoms with E-state index in [0.717, 1.165) is 6.92 Å². The average molecular weight is 148 g/mol. The van der Waals surface area contributed by atoms with Gasteiger partial charge in [-0.15, -0.1) is 0 Å². The first kappa shape index (κ1) is 10.0. The molecule has 0 fully saturated rings. The second-order valence-corrected chi connectivity index (χ2v) is 0.995. The fraction of sp³-hybridized carbons (Fsp3) is 0.667. The zero-order valence-electron chi connectivity index (χ0n) is 3.66. The van der Waals surface area contributed by atoms with Crippen molar-refractivity contribution in [1.29, 1.82) is 0 Å². The van der Waals surface area contributed by atoms with E-state index in [0.29, 0.717) is 0 Å². The summed E-state index contributed by atoms with van der Waals surface area (Å²) in [5.74, 6) is -1.44. The van der Waals surface area contributed by atoms with Gasteiger partial charge in [-0.1, -0.05) is 0 Å². The molecule has 0 heterocycles. The largest absolute Gasteiger partial charge is 0.547 e. The molecule has 4 heteroatoms. The van der Waals surface area contributed by atoms with Crippen molar-refractivity contribution in [3.8, 4) is 0 Å². The number of hydrogen-bond acceptors (Lipinski definition) is 3. The van der Waals surface area contributed by atoms with Gasteiger partial charge in [0.1, 0.15) is 0 Å². The van der Waals surface area contributed by atoms with Crippen LogP contribution in [0, 0.1) is 0 Å². The molecule has 0 radical (unpaired) electrons. The minimum absolute atomic E-state index is 0. The third kappa shape index (κ3) is 5.92. The van der Waals surface area contributed by atoms with Gasteiger partial charge in [0.15, 0.2) is 0 Å². The Morgan fingerprint density at radius 2 is 2.00 bits per heavy atom. The maximum Gasteiger partial charge on any atom is 0.0905 e. The van der Waals surface area contributed by atoms with Crippen LogP contribution in [0.5, 0.6) is 0 Å². The minimum atomic E-state index is -1.44. The van der Waals surface area contributed by atoms with Gasteiger partial charge in [-0.2, -0.15) is 0 Å². The topological polar surface area (TPSA) is 60.4 Å². The molecule has 3 nitrogen and oxygen atoms in total. The zero-order valence-corrected chi connectivity index (χ0v) is 4.64. The van der Waals surface area contributed by atoms with Crippen LogP contribution in [0.1, 0.15) is 6.92 Å². The van der Waals surface area contributed by atoms with Gasteiger partial charge in [-0.25, -0.2) is 0 Å². The number of hydrogen-bond donors (Lipinski definition) is 1. The standard InChI is InChI=1S/C3H6O3.Ni/c1-2(4)3(5)6;/h2,4H,1H3,(H,5,6);/p-1. The molecule has 0 rings (SSSR count). The Morgan fingerprint density at radius 1 is 1.86 bits per heavy atom. The van der Waals surface area contributed by atoms with Gasteiger partial charge in [0.25, 0.3) is 0 Å². The van der Waals surface area contributed by atoms with E-state index in [1.54, 1.807) is 0 Å². The summed E-state index contributed by atoms with van der Waals surface area (Å²) in [6.45, 7) is 1.13. The molecule has 0 aliphatic carbocycles. The van der Waals surface area contributed by atoms with Gasteiger partial charge < -0.3 is 15.0 Å². The summed E-state index contributed by atoms with van der Waals surface area (Å²) in [6, 6.07) is 0. The number of aliphatic carboxylic acids is 1. The molecule has 0 saturated heterocycles. The summed E-state index contributed by atoms with van der Waals surface area (Å²) in [5.41, 5.74) is 0. The second-order valence-electron chi connectivity index (χ2n) is 0.995. The molecule has 46 valence electrons. The molecule has 0 amide bonds. The van der Waals surface area contributed by atoms with Crippen molar-refractivity contribution in [2.75, 3.05) is 0 Å². The summed E-state index contributed by atoms with van der Waals surface area (Å²) in [7, 11) is 0. The minimum Gasteiger partial charge on any atom is -0.547 e. The Bertz CT molecular complexity index is 61.2. The Morgan fingerprint density at radius 3 is 2.00 bits per heavy atom. The Balaban J connectivity index is 0. The predicted octanol–water partition coefficient (Wildman–Crippen LogP) is -1.89. The van der Waals surface area contributed by atoms with Crippen LogP contribution in [-0.4, -0.2) is 17.2 Å². The van der Waals surface area contributed by atoms with Crippen LogP contribution >= 0.6 is 0 Å². The number of aliphatic hydroxyl groups is 1. The van der Waals surface area contributed by atoms with E-state index in [2.05, 4.69) is 0 Å². The van der Waals surface area contributed by atoms with Gasteiger partial charge >= 0.3 is 0 Å². The molecule has 0 aliphatic rings. The van der Waals surface area contributed by atoms with Crippen LogP contribution < -0.4 is 5.11 Å². The molecule has 0 bridgehead atoms. The molecular formula is C3H5NiO3-. The van der Waals surface area contributed by atoms with Gasteiger partial charge in [0.05, 0.1) is 12.1 Å². The molecule has 0 saturated carbocycles. The van der Waals surface area contributed by atoms with Crippen molar-refractivity contribution in [1.82, 2.24) is 0 Å². The molecular weight excluding hydrogens is 143 g/mol. The predicted molar refractivity (Wildman–Crippen MR) is 16.7 cm³/mol. The van der Waals surface area contributed by atoms with E-state index in [1.165, 1.54) is 0 Å². The average Bonchev–Trinajstić information content (AvgIpc) is 1.36. The van der Waals surface area contributed by atoms with E-state index < -0.39 is 12.1 Å². The third-order valence-electron chi connectivity index (χ3n) is 0.341. The molecule has 0 aliphatic heterocycles. The van der Waals surface area contributed by atoms with Crippen molar-refractivity contribution in [2.45, 2.75) is 13.0 Å². The quantitative estimate of drug-likeness (QED) is 0.442. The number of carboxylic acids is 1. The number of aliphatic hydroxyl groups excluding tert-OH is 1. The van der Waals surface area contributed by atoms with Gasteiger partial charge in [-0.05, 0) is 6.92 Å². The first-order valence-corrected chi connectivity index (χ1v) is 1.53. The molecule has 0 aromatic heterocycles. The maximum absolute atomic E-state index is 9.34. The third-order valence-corrected chi connectivity index (χ3v) is 0.341. The van der Waals surface area contributed by atoms with E-state index in [4.69, 9.17) is 5.11 Å². The molecule has 7 heavy (non-hydrogen) atoms. The van der Waals surface area contributed by atoms with Crippen molar-refractivity contribution < 1.29 is 31.5 Å². The van der Waals surface area contributed by atoms with Crippen LogP contribution in [0.2, 0.25) is 0 Å². The Hall–Kier alpha value is -0.0765. The van der Waals surface area contributed by atoms with Crippen LogP contribution in [0.4, 0.5) is 0 Å².